The standard InChI is InChI=1S/C20H13F3N4OS.C7H3ClF2O/c1-11-10-27(20-24-7-8-29-20)26-18(11)13-6-5-12(9-16(13)23)25-19(28)17-14(21)3-2-4-15(17)22;8-7(11)6-4(9)2-1-3-5(6)10/h2-10H,1H3,(H,25,28);1-3H. The average Bonchev–Trinajstić information content (AvgIpc) is 3.54. The number of anilines is 1. The lowest BCUT2D eigenvalue weighted by atomic mass is 10.1. The van der Waals surface area contributed by atoms with Crippen LogP contribution in [-0.2, 0) is 0 Å². The largest absolute Gasteiger partial charge is 0.322 e. The first-order valence-corrected chi connectivity index (χ1v) is 12.5. The van der Waals surface area contributed by atoms with Crippen molar-refractivity contribution in [1.29, 1.82) is 0 Å². The molecule has 0 radical (unpaired) electrons. The molecule has 5 aromatic rings. The van der Waals surface area contributed by atoms with Gasteiger partial charge in [0, 0.05) is 29.0 Å². The maximum atomic E-state index is 14.7. The molecule has 5 rings (SSSR count). The number of carbonyl (C=O) groups is 2. The summed E-state index contributed by atoms with van der Waals surface area (Å²) in [5.41, 5.74) is 0.0352. The van der Waals surface area contributed by atoms with Gasteiger partial charge in [0.15, 0.2) is 0 Å². The van der Waals surface area contributed by atoms with Gasteiger partial charge < -0.3 is 5.32 Å². The summed E-state index contributed by atoms with van der Waals surface area (Å²) in [4.78, 5) is 26.7. The van der Waals surface area contributed by atoms with Gasteiger partial charge in [-0.2, -0.15) is 5.10 Å². The van der Waals surface area contributed by atoms with Crippen LogP contribution in [0.5, 0.6) is 0 Å². The number of amides is 1. The number of hydrogen-bond donors (Lipinski definition) is 1. The Labute approximate surface area is 232 Å². The molecule has 0 fully saturated rings. The molecule has 0 aliphatic rings. The third-order valence-electron chi connectivity index (χ3n) is 5.34. The quantitative estimate of drug-likeness (QED) is 0.172. The van der Waals surface area contributed by atoms with E-state index in [9.17, 15) is 31.5 Å². The first-order chi connectivity index (χ1) is 19.1. The Morgan fingerprint density at radius 3 is 1.98 bits per heavy atom. The third-order valence-corrected chi connectivity index (χ3v) is 6.29. The van der Waals surface area contributed by atoms with Gasteiger partial charge in [0.1, 0.15) is 40.2 Å². The molecule has 0 aliphatic carbocycles. The molecule has 1 amide bonds. The van der Waals surface area contributed by atoms with Gasteiger partial charge in [0.05, 0.1) is 5.69 Å². The van der Waals surface area contributed by atoms with Crippen LogP contribution in [0.25, 0.3) is 16.4 Å². The Morgan fingerprint density at radius 2 is 1.48 bits per heavy atom. The number of halogens is 6. The number of aryl methyl sites for hydroxylation is 1. The topological polar surface area (TPSA) is 76.9 Å². The Balaban J connectivity index is 0.000000283. The molecule has 2 heterocycles. The predicted molar refractivity (Wildman–Crippen MR) is 140 cm³/mol. The van der Waals surface area contributed by atoms with E-state index in [0.717, 1.165) is 48.0 Å². The Kier molecular flexibility index (Phi) is 8.70. The highest BCUT2D eigenvalue weighted by atomic mass is 35.5. The van der Waals surface area contributed by atoms with Gasteiger partial charge in [-0.3, -0.25) is 9.59 Å². The molecule has 40 heavy (non-hydrogen) atoms. The number of aromatic nitrogens is 3. The lowest BCUT2D eigenvalue weighted by Gasteiger charge is -2.09. The lowest BCUT2D eigenvalue weighted by molar-refractivity contribution is 0.101. The Hall–Kier alpha value is -4.42. The van der Waals surface area contributed by atoms with Gasteiger partial charge in [-0.1, -0.05) is 12.1 Å². The second-order valence-electron chi connectivity index (χ2n) is 8.04. The highest BCUT2D eigenvalue weighted by Gasteiger charge is 2.19. The molecule has 0 saturated heterocycles. The van der Waals surface area contributed by atoms with Crippen molar-refractivity contribution in [2.75, 3.05) is 5.32 Å². The van der Waals surface area contributed by atoms with Crippen LogP contribution in [0.15, 0.2) is 72.4 Å². The molecule has 204 valence electrons. The van der Waals surface area contributed by atoms with E-state index >= 15 is 0 Å². The summed E-state index contributed by atoms with van der Waals surface area (Å²) < 4.78 is 68.9. The van der Waals surface area contributed by atoms with Gasteiger partial charge in [0.2, 0.25) is 5.13 Å². The SMILES string of the molecule is Cc1cn(-c2nccs2)nc1-c1ccc(NC(=O)c2c(F)cccc2F)cc1F.O=C(Cl)c1c(F)cccc1F. The maximum absolute atomic E-state index is 14.7. The lowest BCUT2D eigenvalue weighted by Crippen LogP contribution is -2.16. The summed E-state index contributed by atoms with van der Waals surface area (Å²) in [5.74, 6) is -5.51. The minimum Gasteiger partial charge on any atom is -0.322 e. The van der Waals surface area contributed by atoms with E-state index in [1.54, 1.807) is 24.0 Å². The molecular formula is C27H16ClF5N4O2S. The molecule has 0 aliphatic heterocycles. The molecule has 0 bridgehead atoms. The fourth-order valence-electron chi connectivity index (χ4n) is 3.53. The molecule has 1 N–H and O–H groups in total. The van der Waals surface area contributed by atoms with Crippen LogP contribution in [-0.4, -0.2) is 25.9 Å². The van der Waals surface area contributed by atoms with Crippen molar-refractivity contribution >= 4 is 39.8 Å². The number of benzene rings is 3. The molecule has 0 atom stereocenters. The van der Waals surface area contributed by atoms with E-state index < -0.39 is 51.4 Å². The van der Waals surface area contributed by atoms with Crippen molar-refractivity contribution in [2.45, 2.75) is 6.92 Å². The Bertz CT molecular complexity index is 1670. The van der Waals surface area contributed by atoms with Crippen molar-refractivity contribution in [2.24, 2.45) is 0 Å². The van der Waals surface area contributed by atoms with Gasteiger partial charge in [0.25, 0.3) is 11.1 Å². The normalized spacial score (nSPS) is 10.6. The van der Waals surface area contributed by atoms with E-state index in [1.165, 1.54) is 23.5 Å². The van der Waals surface area contributed by atoms with Crippen molar-refractivity contribution in [3.05, 3.63) is 118 Å². The first-order valence-electron chi connectivity index (χ1n) is 11.2. The number of rotatable bonds is 5. The summed E-state index contributed by atoms with van der Waals surface area (Å²) in [6.07, 6.45) is 3.39. The van der Waals surface area contributed by atoms with Crippen molar-refractivity contribution in [3.8, 4) is 16.4 Å². The molecule has 2 aromatic heterocycles. The second-order valence-corrected chi connectivity index (χ2v) is 9.25. The zero-order chi connectivity index (χ0) is 29.0. The summed E-state index contributed by atoms with van der Waals surface area (Å²) >= 11 is 6.29. The number of carbonyl (C=O) groups excluding carboxylic acids is 2. The van der Waals surface area contributed by atoms with Crippen LogP contribution in [0.1, 0.15) is 26.3 Å². The van der Waals surface area contributed by atoms with Crippen LogP contribution >= 0.6 is 22.9 Å². The molecular weight excluding hydrogens is 575 g/mol. The number of thiazole rings is 1. The summed E-state index contributed by atoms with van der Waals surface area (Å²) in [6, 6.07) is 10.2. The van der Waals surface area contributed by atoms with Crippen LogP contribution in [0.4, 0.5) is 27.6 Å². The number of nitrogens with zero attached hydrogens (tertiary/aromatic N) is 3. The van der Waals surface area contributed by atoms with E-state index in [2.05, 4.69) is 15.4 Å². The molecule has 0 saturated carbocycles. The predicted octanol–water partition coefficient (Wildman–Crippen LogP) is 7.32. The van der Waals surface area contributed by atoms with E-state index in [4.69, 9.17) is 11.6 Å². The Morgan fingerprint density at radius 1 is 0.875 bits per heavy atom. The van der Waals surface area contributed by atoms with Crippen molar-refractivity contribution < 1.29 is 31.5 Å². The average molecular weight is 591 g/mol. The minimum absolute atomic E-state index is 0.0657. The fraction of sp³-hybridized carbons (Fsp3) is 0.0370. The van der Waals surface area contributed by atoms with Gasteiger partial charge >= 0.3 is 0 Å². The monoisotopic (exact) mass is 590 g/mol. The van der Waals surface area contributed by atoms with Crippen molar-refractivity contribution in [1.82, 2.24) is 14.8 Å². The summed E-state index contributed by atoms with van der Waals surface area (Å²) in [6.45, 7) is 1.79. The van der Waals surface area contributed by atoms with E-state index in [0.29, 0.717) is 10.8 Å². The van der Waals surface area contributed by atoms with E-state index in [1.807, 2.05) is 5.38 Å². The highest BCUT2D eigenvalue weighted by molar-refractivity contribution is 7.12. The smallest absolute Gasteiger partial charge is 0.261 e. The second kappa shape index (κ2) is 12.2. The summed E-state index contributed by atoms with van der Waals surface area (Å²) in [5, 5.41) is 8.02. The fourth-order valence-corrected chi connectivity index (χ4v) is 4.28. The van der Waals surface area contributed by atoms with Gasteiger partial charge in [-0.05, 0) is 66.6 Å². The molecule has 3 aromatic carbocycles. The summed E-state index contributed by atoms with van der Waals surface area (Å²) in [7, 11) is 0. The van der Waals surface area contributed by atoms with Crippen LogP contribution < -0.4 is 5.32 Å². The third kappa shape index (κ3) is 6.24. The van der Waals surface area contributed by atoms with Crippen molar-refractivity contribution in [3.63, 3.8) is 0 Å². The van der Waals surface area contributed by atoms with E-state index in [-0.39, 0.29) is 11.3 Å². The molecule has 0 spiro atoms. The van der Waals surface area contributed by atoms with Gasteiger partial charge in [-0.15, -0.1) is 11.3 Å². The first kappa shape index (κ1) is 28.6. The maximum Gasteiger partial charge on any atom is 0.261 e. The zero-order valence-corrected chi connectivity index (χ0v) is 21.8. The minimum atomic E-state index is -1.12. The van der Waals surface area contributed by atoms with Gasteiger partial charge in [-0.25, -0.2) is 31.6 Å². The zero-order valence-electron chi connectivity index (χ0n) is 20.3. The van der Waals surface area contributed by atoms with Crippen LogP contribution in [0.2, 0.25) is 0 Å². The van der Waals surface area contributed by atoms with Crippen LogP contribution in [0.3, 0.4) is 0 Å². The van der Waals surface area contributed by atoms with Crippen LogP contribution in [0, 0.1) is 36.0 Å². The molecule has 6 nitrogen and oxygen atoms in total. The molecule has 0 unspecified atom stereocenters. The number of hydrogen-bond acceptors (Lipinski definition) is 5. The number of nitrogens with one attached hydrogen (secondary N) is 1. The highest BCUT2D eigenvalue weighted by Crippen LogP contribution is 2.28. The molecule has 13 heteroatoms.